The van der Waals surface area contributed by atoms with Crippen molar-refractivity contribution in [1.82, 2.24) is 4.31 Å². The van der Waals surface area contributed by atoms with Gasteiger partial charge in [-0.2, -0.15) is 4.31 Å². The molecule has 4 nitrogen and oxygen atoms in total. The van der Waals surface area contributed by atoms with Gasteiger partial charge in [-0.25, -0.2) is 8.42 Å². The van der Waals surface area contributed by atoms with Crippen LogP contribution in [0.15, 0.2) is 33.6 Å². The van der Waals surface area contributed by atoms with Gasteiger partial charge in [-0.05, 0) is 25.1 Å². The zero-order valence-corrected chi connectivity index (χ0v) is 13.7. The molecule has 0 bridgehead atoms. The lowest BCUT2D eigenvalue weighted by Gasteiger charge is -2.23. The summed E-state index contributed by atoms with van der Waals surface area (Å²) in [6.07, 6.45) is 1.57. The highest BCUT2D eigenvalue weighted by atomic mass is 79.9. The molecule has 1 aromatic carbocycles. The van der Waals surface area contributed by atoms with Crippen LogP contribution in [0.3, 0.4) is 0 Å². The average molecular weight is 354 g/mol. The van der Waals surface area contributed by atoms with E-state index in [-0.39, 0.29) is 10.9 Å². The molecule has 0 aromatic heterocycles. The number of hydrogen-bond donors (Lipinski definition) is 0. The van der Waals surface area contributed by atoms with E-state index in [1.165, 1.54) is 11.4 Å². The lowest BCUT2D eigenvalue weighted by Crippen LogP contribution is -2.38. The maximum Gasteiger partial charge on any atom is 0.243 e. The van der Waals surface area contributed by atoms with Gasteiger partial charge < -0.3 is 0 Å². The molecule has 0 spiro atoms. The number of halogens is 1. The maximum atomic E-state index is 12.3. The van der Waals surface area contributed by atoms with Crippen molar-refractivity contribution in [3.8, 4) is 0 Å². The van der Waals surface area contributed by atoms with E-state index in [1.54, 1.807) is 37.4 Å². The molecule has 2 atom stereocenters. The van der Waals surface area contributed by atoms with Crippen LogP contribution in [0, 0.1) is 0 Å². The van der Waals surface area contributed by atoms with E-state index in [9.17, 15) is 12.6 Å². The second-order valence-electron chi connectivity index (χ2n) is 4.07. The first-order valence-electron chi connectivity index (χ1n) is 5.28. The van der Waals surface area contributed by atoms with Crippen molar-refractivity contribution in [1.29, 1.82) is 0 Å². The fraction of sp³-hybridized carbons (Fsp3) is 0.455. The van der Waals surface area contributed by atoms with Gasteiger partial charge in [0, 0.05) is 40.4 Å². The van der Waals surface area contributed by atoms with E-state index in [0.29, 0.717) is 10.2 Å². The summed E-state index contributed by atoms with van der Waals surface area (Å²) < 4.78 is 37.8. The van der Waals surface area contributed by atoms with Crippen LogP contribution in [0.2, 0.25) is 0 Å². The van der Waals surface area contributed by atoms with Crippen LogP contribution < -0.4 is 0 Å². The zero-order valence-electron chi connectivity index (χ0n) is 10.5. The highest BCUT2D eigenvalue weighted by Crippen LogP contribution is 2.20. The molecule has 0 aliphatic carbocycles. The highest BCUT2D eigenvalue weighted by molar-refractivity contribution is 9.10. The molecule has 7 heteroatoms. The minimum atomic E-state index is -3.54. The van der Waals surface area contributed by atoms with Crippen molar-refractivity contribution in [2.45, 2.75) is 17.9 Å². The molecule has 2 unspecified atom stereocenters. The third-order valence-corrected chi connectivity index (χ3v) is 5.98. The third-order valence-electron chi connectivity index (χ3n) is 2.57. The largest absolute Gasteiger partial charge is 0.260 e. The number of benzene rings is 1. The monoisotopic (exact) mass is 353 g/mol. The predicted octanol–water partition coefficient (Wildman–Crippen LogP) is 1.84. The molecule has 102 valence electrons. The maximum absolute atomic E-state index is 12.3. The fourth-order valence-electron chi connectivity index (χ4n) is 1.48. The molecule has 18 heavy (non-hydrogen) atoms. The van der Waals surface area contributed by atoms with Crippen molar-refractivity contribution >= 4 is 36.8 Å². The van der Waals surface area contributed by atoms with Crippen molar-refractivity contribution in [3.63, 3.8) is 0 Å². The molecule has 0 N–H and O–H groups in total. The number of nitrogens with zero attached hydrogens (tertiary/aromatic N) is 1. The standard InChI is InChI=1S/C11H16BrNO3S2/c1-9(8-17(3)14)13(2)18(15,16)11-6-4-5-10(12)7-11/h4-7,9H,8H2,1-3H3. The minimum Gasteiger partial charge on any atom is -0.260 e. The average Bonchev–Trinajstić information content (AvgIpc) is 2.27. The predicted molar refractivity (Wildman–Crippen MR) is 77.5 cm³/mol. The van der Waals surface area contributed by atoms with E-state index in [1.807, 2.05) is 0 Å². The second kappa shape index (κ2) is 6.27. The summed E-state index contributed by atoms with van der Waals surface area (Å²) in [6.45, 7) is 1.75. The summed E-state index contributed by atoms with van der Waals surface area (Å²) >= 11 is 3.25. The molecular formula is C11H16BrNO3S2. The van der Waals surface area contributed by atoms with E-state index >= 15 is 0 Å². The Kier molecular flexibility index (Phi) is 5.51. The van der Waals surface area contributed by atoms with Gasteiger partial charge in [0.15, 0.2) is 0 Å². The lowest BCUT2D eigenvalue weighted by atomic mass is 10.4. The van der Waals surface area contributed by atoms with Gasteiger partial charge in [0.2, 0.25) is 10.0 Å². The quantitative estimate of drug-likeness (QED) is 0.811. The van der Waals surface area contributed by atoms with Gasteiger partial charge in [0.25, 0.3) is 0 Å². The van der Waals surface area contributed by atoms with Gasteiger partial charge in [0.05, 0.1) is 4.90 Å². The number of sulfonamides is 1. The Bertz CT molecular complexity index is 545. The van der Waals surface area contributed by atoms with Crippen LogP contribution in [0.25, 0.3) is 0 Å². The molecule has 0 saturated heterocycles. The summed E-state index contributed by atoms with van der Waals surface area (Å²) in [4.78, 5) is 0.230. The molecule has 0 aliphatic rings. The van der Waals surface area contributed by atoms with Crippen molar-refractivity contribution < 1.29 is 12.6 Å². The van der Waals surface area contributed by atoms with E-state index in [0.717, 1.165) is 0 Å². The van der Waals surface area contributed by atoms with Crippen LogP contribution in [-0.4, -0.2) is 42.0 Å². The Morgan fingerprint density at radius 2 is 2.06 bits per heavy atom. The first-order chi connectivity index (χ1) is 8.25. The molecule has 1 rings (SSSR count). The van der Waals surface area contributed by atoms with Gasteiger partial charge in [-0.1, -0.05) is 22.0 Å². The molecule has 0 saturated carbocycles. The molecule has 0 radical (unpaired) electrons. The van der Waals surface area contributed by atoms with Gasteiger partial charge in [0.1, 0.15) is 0 Å². The minimum absolute atomic E-state index is 0.230. The fourth-order valence-corrected chi connectivity index (χ4v) is 4.43. The molecular weight excluding hydrogens is 338 g/mol. The smallest absolute Gasteiger partial charge is 0.243 e. The van der Waals surface area contributed by atoms with E-state index in [4.69, 9.17) is 0 Å². The Hall–Kier alpha value is -0.240. The van der Waals surface area contributed by atoms with E-state index in [2.05, 4.69) is 15.9 Å². The molecule has 0 heterocycles. The van der Waals surface area contributed by atoms with Crippen LogP contribution in [-0.2, 0) is 20.8 Å². The SMILES string of the molecule is CC(CS(C)=O)N(C)S(=O)(=O)c1cccc(Br)c1. The van der Waals surface area contributed by atoms with E-state index < -0.39 is 20.8 Å². The normalized spacial score (nSPS) is 15.6. The summed E-state index contributed by atoms with van der Waals surface area (Å²) in [6, 6.07) is 6.24. The molecule has 1 aromatic rings. The first kappa shape index (κ1) is 15.8. The summed E-state index contributed by atoms with van der Waals surface area (Å²) in [5.74, 6) is 0.323. The van der Waals surface area contributed by atoms with Crippen LogP contribution in [0.1, 0.15) is 6.92 Å². The molecule has 0 amide bonds. The van der Waals surface area contributed by atoms with Crippen LogP contribution in [0.5, 0.6) is 0 Å². The van der Waals surface area contributed by atoms with Gasteiger partial charge >= 0.3 is 0 Å². The highest BCUT2D eigenvalue weighted by Gasteiger charge is 2.25. The lowest BCUT2D eigenvalue weighted by molar-refractivity contribution is 0.413. The third kappa shape index (κ3) is 3.88. The molecule has 0 fully saturated rings. The zero-order chi connectivity index (χ0) is 13.9. The topological polar surface area (TPSA) is 54.5 Å². The van der Waals surface area contributed by atoms with Crippen LogP contribution >= 0.6 is 15.9 Å². The second-order valence-corrected chi connectivity index (χ2v) is 8.46. The molecule has 0 aliphatic heterocycles. The Balaban J connectivity index is 3.03. The first-order valence-corrected chi connectivity index (χ1v) is 9.25. The van der Waals surface area contributed by atoms with Gasteiger partial charge in [-0.15, -0.1) is 0 Å². The number of hydrogen-bond acceptors (Lipinski definition) is 3. The Morgan fingerprint density at radius 3 is 2.56 bits per heavy atom. The van der Waals surface area contributed by atoms with Crippen molar-refractivity contribution in [3.05, 3.63) is 28.7 Å². The van der Waals surface area contributed by atoms with Gasteiger partial charge in [-0.3, -0.25) is 4.21 Å². The van der Waals surface area contributed by atoms with Crippen LogP contribution in [0.4, 0.5) is 0 Å². The van der Waals surface area contributed by atoms with Crippen molar-refractivity contribution in [2.75, 3.05) is 19.1 Å². The van der Waals surface area contributed by atoms with Crippen molar-refractivity contribution in [2.24, 2.45) is 0 Å². The Labute approximate surface area is 119 Å². The number of rotatable bonds is 5. The summed E-state index contributed by atoms with van der Waals surface area (Å²) in [7, 11) is -3.06. The Morgan fingerprint density at radius 1 is 1.44 bits per heavy atom. The summed E-state index contributed by atoms with van der Waals surface area (Å²) in [5, 5.41) is 0. The summed E-state index contributed by atoms with van der Waals surface area (Å²) in [5.41, 5.74) is 0.